The van der Waals surface area contributed by atoms with E-state index in [2.05, 4.69) is 0 Å². The summed E-state index contributed by atoms with van der Waals surface area (Å²) in [5.41, 5.74) is -0.439. The van der Waals surface area contributed by atoms with Crippen LogP contribution in [0.4, 0.5) is 0 Å². The fourth-order valence-corrected chi connectivity index (χ4v) is 3.74. The van der Waals surface area contributed by atoms with Crippen LogP contribution in [0.25, 0.3) is 0 Å². The molecule has 1 aromatic heterocycles. The van der Waals surface area contributed by atoms with E-state index in [1.54, 1.807) is 19.2 Å². The van der Waals surface area contributed by atoms with Crippen molar-refractivity contribution in [2.75, 3.05) is 20.2 Å². The van der Waals surface area contributed by atoms with Gasteiger partial charge in [-0.1, -0.05) is 11.3 Å². The number of hydrogen-bond acceptors (Lipinski definition) is 4. The second kappa shape index (κ2) is 4.23. The highest BCUT2D eigenvalue weighted by molar-refractivity contribution is 7.15. The van der Waals surface area contributed by atoms with Gasteiger partial charge in [0.05, 0.1) is 12.0 Å². The maximum absolute atomic E-state index is 12.6. The van der Waals surface area contributed by atoms with Crippen molar-refractivity contribution in [1.29, 1.82) is 0 Å². The number of thiophene rings is 1. The number of carbonyl (C=O) groups excluding carboxylic acids is 2. The van der Waals surface area contributed by atoms with Crippen LogP contribution in [0.15, 0.2) is 12.1 Å². The van der Waals surface area contributed by atoms with Crippen LogP contribution in [0.3, 0.4) is 0 Å². The summed E-state index contributed by atoms with van der Waals surface area (Å²) in [6.07, 6.45) is 1.26. The van der Waals surface area contributed by atoms with Gasteiger partial charge in [0.1, 0.15) is 5.66 Å². The first-order valence-electron chi connectivity index (χ1n) is 6.32. The second-order valence-corrected chi connectivity index (χ2v) is 6.09. The molecule has 1 unspecified atom stereocenters. The molecular formula is C13H16N2O3S. The third-order valence-electron chi connectivity index (χ3n) is 4.06. The van der Waals surface area contributed by atoms with Crippen LogP contribution in [0.1, 0.15) is 29.4 Å². The molecule has 19 heavy (non-hydrogen) atoms. The summed E-state index contributed by atoms with van der Waals surface area (Å²) >= 11 is 1.34. The molecule has 0 radical (unpaired) electrons. The number of carbonyl (C=O) groups is 2. The molecule has 0 spiro atoms. The van der Waals surface area contributed by atoms with Gasteiger partial charge in [-0.15, -0.1) is 0 Å². The SMILES string of the molecule is COc1ccc(C(=O)N2CCN3C(=O)CCC32C)s1. The van der Waals surface area contributed by atoms with E-state index in [9.17, 15) is 9.59 Å². The van der Waals surface area contributed by atoms with E-state index in [1.807, 2.05) is 16.7 Å². The normalized spacial score (nSPS) is 25.9. The molecule has 2 amide bonds. The molecule has 6 heteroatoms. The quantitative estimate of drug-likeness (QED) is 0.826. The van der Waals surface area contributed by atoms with Gasteiger partial charge in [-0.25, -0.2) is 0 Å². The topological polar surface area (TPSA) is 49.9 Å². The summed E-state index contributed by atoms with van der Waals surface area (Å²) < 4.78 is 5.12. The second-order valence-electron chi connectivity index (χ2n) is 5.04. The third kappa shape index (κ3) is 1.74. The Bertz CT molecular complexity index is 542. The summed E-state index contributed by atoms with van der Waals surface area (Å²) in [5.74, 6) is 0.148. The Labute approximate surface area is 115 Å². The van der Waals surface area contributed by atoms with Gasteiger partial charge in [0, 0.05) is 19.5 Å². The van der Waals surface area contributed by atoms with Crippen LogP contribution in [-0.2, 0) is 4.79 Å². The van der Waals surface area contributed by atoms with E-state index in [4.69, 9.17) is 4.74 Å². The van der Waals surface area contributed by atoms with Crippen molar-refractivity contribution >= 4 is 23.2 Å². The molecule has 102 valence electrons. The highest BCUT2D eigenvalue weighted by atomic mass is 32.1. The molecule has 1 aromatic rings. The number of hydrogen-bond donors (Lipinski definition) is 0. The zero-order valence-corrected chi connectivity index (χ0v) is 11.8. The van der Waals surface area contributed by atoms with Crippen molar-refractivity contribution in [1.82, 2.24) is 9.80 Å². The van der Waals surface area contributed by atoms with Crippen LogP contribution in [0, 0.1) is 0 Å². The van der Waals surface area contributed by atoms with E-state index in [-0.39, 0.29) is 11.8 Å². The number of nitrogens with zero attached hydrogens (tertiary/aromatic N) is 2. The number of amides is 2. The van der Waals surface area contributed by atoms with E-state index < -0.39 is 5.66 Å². The maximum Gasteiger partial charge on any atom is 0.265 e. The Hall–Kier alpha value is -1.56. The lowest BCUT2D eigenvalue weighted by Gasteiger charge is -2.35. The molecule has 5 nitrogen and oxygen atoms in total. The van der Waals surface area contributed by atoms with Gasteiger partial charge in [-0.3, -0.25) is 9.59 Å². The summed E-state index contributed by atoms with van der Waals surface area (Å²) in [6.45, 7) is 3.23. The Balaban J connectivity index is 1.86. The molecule has 0 N–H and O–H groups in total. The largest absolute Gasteiger partial charge is 0.487 e. The molecular weight excluding hydrogens is 264 g/mol. The summed E-state index contributed by atoms with van der Waals surface area (Å²) in [4.78, 5) is 28.7. The predicted molar refractivity (Wildman–Crippen MR) is 71.3 cm³/mol. The summed E-state index contributed by atoms with van der Waals surface area (Å²) in [7, 11) is 1.59. The van der Waals surface area contributed by atoms with Gasteiger partial charge in [-0.2, -0.15) is 0 Å². The van der Waals surface area contributed by atoms with Gasteiger partial charge in [0.15, 0.2) is 5.06 Å². The first-order chi connectivity index (χ1) is 9.06. The first kappa shape index (κ1) is 12.5. The molecule has 3 heterocycles. The van der Waals surface area contributed by atoms with Gasteiger partial charge in [0.25, 0.3) is 5.91 Å². The van der Waals surface area contributed by atoms with Crippen LogP contribution >= 0.6 is 11.3 Å². The number of ether oxygens (including phenoxy) is 1. The Morgan fingerprint density at radius 3 is 2.89 bits per heavy atom. The summed E-state index contributed by atoms with van der Waals surface area (Å²) in [5, 5.41) is 0.729. The number of methoxy groups -OCH3 is 1. The monoisotopic (exact) mass is 280 g/mol. The zero-order chi connectivity index (χ0) is 13.6. The highest BCUT2D eigenvalue weighted by Gasteiger charge is 2.52. The van der Waals surface area contributed by atoms with Crippen molar-refractivity contribution in [3.63, 3.8) is 0 Å². The molecule has 2 saturated heterocycles. The van der Waals surface area contributed by atoms with Crippen molar-refractivity contribution < 1.29 is 14.3 Å². The lowest BCUT2D eigenvalue weighted by Crippen LogP contribution is -2.50. The molecule has 0 bridgehead atoms. The average Bonchev–Trinajstić information content (AvgIpc) is 3.05. The van der Waals surface area contributed by atoms with Crippen LogP contribution in [0.2, 0.25) is 0 Å². The predicted octanol–water partition coefficient (Wildman–Crippen LogP) is 1.55. The van der Waals surface area contributed by atoms with E-state index in [1.165, 1.54) is 11.3 Å². The van der Waals surface area contributed by atoms with E-state index in [0.717, 1.165) is 11.5 Å². The highest BCUT2D eigenvalue weighted by Crippen LogP contribution is 2.39. The molecule has 0 saturated carbocycles. The Morgan fingerprint density at radius 2 is 2.21 bits per heavy atom. The van der Waals surface area contributed by atoms with Crippen molar-refractivity contribution in [2.24, 2.45) is 0 Å². The fraction of sp³-hybridized carbons (Fsp3) is 0.538. The van der Waals surface area contributed by atoms with Crippen LogP contribution in [-0.4, -0.2) is 47.5 Å². The van der Waals surface area contributed by atoms with Gasteiger partial charge in [0.2, 0.25) is 5.91 Å². The minimum atomic E-state index is -0.439. The molecule has 0 aliphatic carbocycles. The Morgan fingerprint density at radius 1 is 1.42 bits per heavy atom. The lowest BCUT2D eigenvalue weighted by molar-refractivity contribution is -0.130. The van der Waals surface area contributed by atoms with Crippen molar-refractivity contribution in [2.45, 2.75) is 25.4 Å². The number of fused-ring (bicyclic) bond motifs is 1. The van der Waals surface area contributed by atoms with Crippen LogP contribution in [0.5, 0.6) is 5.06 Å². The lowest BCUT2D eigenvalue weighted by atomic mass is 10.1. The smallest absolute Gasteiger partial charge is 0.265 e. The summed E-state index contributed by atoms with van der Waals surface area (Å²) in [6, 6.07) is 3.59. The zero-order valence-electron chi connectivity index (χ0n) is 11.0. The third-order valence-corrected chi connectivity index (χ3v) is 5.10. The van der Waals surface area contributed by atoms with E-state index >= 15 is 0 Å². The first-order valence-corrected chi connectivity index (χ1v) is 7.14. The molecule has 3 rings (SSSR count). The standard InChI is InChI=1S/C13H16N2O3S/c1-13-6-5-10(16)14(13)7-8-15(13)12(17)9-3-4-11(18-2)19-9/h3-4H,5-8H2,1-2H3. The van der Waals surface area contributed by atoms with Gasteiger partial charge < -0.3 is 14.5 Å². The van der Waals surface area contributed by atoms with Crippen LogP contribution < -0.4 is 4.74 Å². The fourth-order valence-electron chi connectivity index (χ4n) is 2.97. The molecule has 1 atom stereocenters. The minimum absolute atomic E-state index is 0.00648. The minimum Gasteiger partial charge on any atom is -0.487 e. The van der Waals surface area contributed by atoms with Gasteiger partial charge in [-0.05, 0) is 25.5 Å². The van der Waals surface area contributed by atoms with Crippen molar-refractivity contribution in [3.05, 3.63) is 17.0 Å². The van der Waals surface area contributed by atoms with Crippen molar-refractivity contribution in [3.8, 4) is 5.06 Å². The van der Waals surface area contributed by atoms with Gasteiger partial charge >= 0.3 is 0 Å². The molecule has 0 aromatic carbocycles. The number of rotatable bonds is 2. The maximum atomic E-state index is 12.6. The molecule has 2 aliphatic rings. The molecule has 2 aliphatic heterocycles. The Kier molecular flexibility index (Phi) is 2.78. The van der Waals surface area contributed by atoms with E-state index in [0.29, 0.717) is 24.4 Å². The molecule has 2 fully saturated rings. The average molecular weight is 280 g/mol.